The highest BCUT2D eigenvalue weighted by molar-refractivity contribution is 5.79. The molecule has 0 saturated carbocycles. The molecular weight excluding hydrogens is 293 g/mol. The second kappa shape index (κ2) is 9.46. The zero-order valence-electron chi connectivity index (χ0n) is 13.3. The van der Waals surface area contributed by atoms with Crippen molar-refractivity contribution in [3.63, 3.8) is 0 Å². The van der Waals surface area contributed by atoms with Crippen LogP contribution in [0.4, 0.5) is 4.39 Å². The molecule has 0 spiro atoms. The van der Waals surface area contributed by atoms with Gasteiger partial charge in [-0.2, -0.15) is 0 Å². The Bertz CT molecular complexity index is 617. The normalized spacial score (nSPS) is 11.1. The largest absolute Gasteiger partial charge is 0.494 e. The van der Waals surface area contributed by atoms with E-state index in [0.717, 1.165) is 24.3 Å². The van der Waals surface area contributed by atoms with Crippen LogP contribution in [0, 0.1) is 5.82 Å². The molecule has 0 radical (unpaired) electrons. The summed E-state index contributed by atoms with van der Waals surface area (Å²) in [7, 11) is 1.71. The van der Waals surface area contributed by atoms with Crippen molar-refractivity contribution in [3.8, 4) is 5.75 Å². The second-order valence-corrected chi connectivity index (χ2v) is 5.00. The molecule has 0 unspecified atom stereocenters. The molecule has 0 aliphatic rings. The Morgan fingerprint density at radius 3 is 2.65 bits per heavy atom. The van der Waals surface area contributed by atoms with Gasteiger partial charge in [0, 0.05) is 20.1 Å². The minimum Gasteiger partial charge on any atom is -0.494 e. The molecule has 4 nitrogen and oxygen atoms in total. The van der Waals surface area contributed by atoms with Crippen LogP contribution in [0.3, 0.4) is 0 Å². The molecule has 0 aliphatic heterocycles. The molecule has 2 aromatic carbocycles. The number of nitrogens with one attached hydrogen (secondary N) is 2. The van der Waals surface area contributed by atoms with E-state index in [1.165, 1.54) is 12.1 Å². The highest BCUT2D eigenvalue weighted by Crippen LogP contribution is 2.08. The summed E-state index contributed by atoms with van der Waals surface area (Å²) in [6.07, 6.45) is 0.857. The molecule has 2 rings (SSSR count). The molecular formula is C18H22FN3O. The lowest BCUT2D eigenvalue weighted by Gasteiger charge is -2.12. The van der Waals surface area contributed by atoms with Crippen LogP contribution in [-0.4, -0.2) is 26.2 Å². The number of hydrogen-bond donors (Lipinski definition) is 2. The van der Waals surface area contributed by atoms with E-state index in [4.69, 9.17) is 4.74 Å². The Labute approximate surface area is 136 Å². The lowest BCUT2D eigenvalue weighted by Crippen LogP contribution is -2.37. The van der Waals surface area contributed by atoms with Crippen molar-refractivity contribution in [2.45, 2.75) is 13.0 Å². The molecule has 23 heavy (non-hydrogen) atoms. The van der Waals surface area contributed by atoms with Gasteiger partial charge in [-0.1, -0.05) is 30.3 Å². The maximum absolute atomic E-state index is 13.1. The Hall–Kier alpha value is -2.56. The van der Waals surface area contributed by atoms with Crippen molar-refractivity contribution in [1.29, 1.82) is 0 Å². The molecule has 2 aromatic rings. The van der Waals surface area contributed by atoms with E-state index in [0.29, 0.717) is 19.1 Å². The lowest BCUT2D eigenvalue weighted by molar-refractivity contribution is 0.311. The monoisotopic (exact) mass is 315 g/mol. The molecule has 0 fully saturated rings. The van der Waals surface area contributed by atoms with Gasteiger partial charge in [-0.3, -0.25) is 4.99 Å². The van der Waals surface area contributed by atoms with Crippen molar-refractivity contribution in [1.82, 2.24) is 10.6 Å². The standard InChI is InChI=1S/C18H22FN3O/c1-20-18(22-14-15-7-5-8-16(19)13-15)21-11-6-12-23-17-9-3-2-4-10-17/h2-5,7-10,13H,6,11-12,14H2,1H3,(H2,20,21,22). The van der Waals surface area contributed by atoms with Crippen LogP contribution in [0.2, 0.25) is 0 Å². The first-order valence-corrected chi connectivity index (χ1v) is 7.65. The predicted octanol–water partition coefficient (Wildman–Crippen LogP) is 2.96. The molecule has 2 N–H and O–H groups in total. The van der Waals surface area contributed by atoms with E-state index in [1.54, 1.807) is 13.1 Å². The fourth-order valence-corrected chi connectivity index (χ4v) is 2.04. The summed E-state index contributed by atoms with van der Waals surface area (Å²) < 4.78 is 18.7. The third-order valence-corrected chi connectivity index (χ3v) is 3.20. The smallest absolute Gasteiger partial charge is 0.191 e. The Morgan fingerprint density at radius 2 is 1.91 bits per heavy atom. The van der Waals surface area contributed by atoms with Crippen molar-refractivity contribution < 1.29 is 9.13 Å². The summed E-state index contributed by atoms with van der Waals surface area (Å²) in [5, 5.41) is 6.36. The summed E-state index contributed by atoms with van der Waals surface area (Å²) in [5.74, 6) is 1.33. The van der Waals surface area contributed by atoms with Gasteiger partial charge in [0.25, 0.3) is 0 Å². The topological polar surface area (TPSA) is 45.7 Å². The number of benzene rings is 2. The summed E-state index contributed by atoms with van der Waals surface area (Å²) in [6.45, 7) is 1.91. The number of ether oxygens (including phenoxy) is 1. The van der Waals surface area contributed by atoms with E-state index >= 15 is 0 Å². The first-order chi connectivity index (χ1) is 11.3. The molecule has 122 valence electrons. The number of hydrogen-bond acceptors (Lipinski definition) is 2. The van der Waals surface area contributed by atoms with Crippen molar-refractivity contribution in [2.75, 3.05) is 20.2 Å². The minimum absolute atomic E-state index is 0.231. The molecule has 0 saturated heterocycles. The Balaban J connectivity index is 1.63. The van der Waals surface area contributed by atoms with Crippen molar-refractivity contribution in [2.24, 2.45) is 4.99 Å². The first kappa shape index (κ1) is 16.8. The summed E-state index contributed by atoms with van der Waals surface area (Å²) >= 11 is 0. The zero-order valence-corrected chi connectivity index (χ0v) is 13.3. The maximum atomic E-state index is 13.1. The Kier molecular flexibility index (Phi) is 6.91. The molecule has 0 amide bonds. The summed E-state index contributed by atoms with van der Waals surface area (Å²) in [6, 6.07) is 16.2. The number of halogens is 1. The molecule has 0 heterocycles. The van der Waals surface area contributed by atoms with Crippen LogP contribution < -0.4 is 15.4 Å². The van der Waals surface area contributed by atoms with Gasteiger partial charge in [-0.15, -0.1) is 0 Å². The van der Waals surface area contributed by atoms with E-state index in [9.17, 15) is 4.39 Å². The fraction of sp³-hybridized carbons (Fsp3) is 0.278. The average molecular weight is 315 g/mol. The third-order valence-electron chi connectivity index (χ3n) is 3.20. The van der Waals surface area contributed by atoms with Crippen molar-refractivity contribution >= 4 is 5.96 Å². The van der Waals surface area contributed by atoms with E-state index in [2.05, 4.69) is 15.6 Å². The van der Waals surface area contributed by atoms with E-state index in [1.807, 2.05) is 36.4 Å². The molecule has 0 aliphatic carbocycles. The van der Waals surface area contributed by atoms with Gasteiger partial charge in [-0.05, 0) is 36.2 Å². The van der Waals surface area contributed by atoms with Gasteiger partial charge in [0.05, 0.1) is 6.61 Å². The van der Waals surface area contributed by atoms with Crippen LogP contribution >= 0.6 is 0 Å². The van der Waals surface area contributed by atoms with Gasteiger partial charge < -0.3 is 15.4 Å². The molecule has 0 bridgehead atoms. The average Bonchev–Trinajstić information content (AvgIpc) is 2.58. The van der Waals surface area contributed by atoms with Crippen LogP contribution in [0.1, 0.15) is 12.0 Å². The van der Waals surface area contributed by atoms with Crippen molar-refractivity contribution in [3.05, 3.63) is 66.0 Å². The van der Waals surface area contributed by atoms with Gasteiger partial charge in [0.15, 0.2) is 5.96 Å². The maximum Gasteiger partial charge on any atom is 0.191 e. The number of aliphatic imine (C=N–C) groups is 1. The Morgan fingerprint density at radius 1 is 1.09 bits per heavy atom. The second-order valence-electron chi connectivity index (χ2n) is 5.00. The summed E-state index contributed by atoms with van der Waals surface area (Å²) in [4.78, 5) is 4.14. The highest BCUT2D eigenvalue weighted by Gasteiger charge is 1.99. The first-order valence-electron chi connectivity index (χ1n) is 7.65. The number of nitrogens with zero attached hydrogens (tertiary/aromatic N) is 1. The van der Waals surface area contributed by atoms with Crippen LogP contribution in [0.5, 0.6) is 5.75 Å². The quantitative estimate of drug-likeness (QED) is 0.469. The zero-order chi connectivity index (χ0) is 16.3. The number of rotatable bonds is 7. The van der Waals surface area contributed by atoms with Crippen LogP contribution in [0.15, 0.2) is 59.6 Å². The molecule has 0 atom stereocenters. The van der Waals surface area contributed by atoms with E-state index < -0.39 is 0 Å². The predicted molar refractivity (Wildman–Crippen MR) is 91.2 cm³/mol. The van der Waals surface area contributed by atoms with Crippen LogP contribution in [0.25, 0.3) is 0 Å². The fourth-order valence-electron chi connectivity index (χ4n) is 2.04. The van der Waals surface area contributed by atoms with Gasteiger partial charge >= 0.3 is 0 Å². The van der Waals surface area contributed by atoms with Gasteiger partial charge in [0.1, 0.15) is 11.6 Å². The lowest BCUT2D eigenvalue weighted by atomic mass is 10.2. The SMILES string of the molecule is CN=C(NCCCOc1ccccc1)NCc1cccc(F)c1. The minimum atomic E-state index is -0.231. The molecule has 5 heteroatoms. The number of guanidine groups is 1. The highest BCUT2D eigenvalue weighted by atomic mass is 19.1. The van der Waals surface area contributed by atoms with Gasteiger partial charge in [0.2, 0.25) is 0 Å². The number of para-hydroxylation sites is 1. The van der Waals surface area contributed by atoms with Gasteiger partial charge in [-0.25, -0.2) is 4.39 Å². The third kappa shape index (κ3) is 6.38. The molecule has 0 aromatic heterocycles. The van der Waals surface area contributed by atoms with Crippen LogP contribution in [-0.2, 0) is 6.54 Å². The van der Waals surface area contributed by atoms with E-state index in [-0.39, 0.29) is 5.82 Å². The summed E-state index contributed by atoms with van der Waals surface area (Å²) in [5.41, 5.74) is 0.875.